The van der Waals surface area contributed by atoms with Crippen LogP contribution >= 0.6 is 0 Å². The first-order chi connectivity index (χ1) is 23.6. The van der Waals surface area contributed by atoms with Gasteiger partial charge in [-0.2, -0.15) is 4.39 Å². The second-order valence-electron chi connectivity index (χ2n) is 13.5. The topological polar surface area (TPSA) is 9.23 Å². The summed E-state index contributed by atoms with van der Waals surface area (Å²) in [5.41, 5.74) is 6.83. The number of halogens is 2. The summed E-state index contributed by atoms with van der Waals surface area (Å²) in [6.45, 7) is 4.89. The molecule has 0 aromatic heterocycles. The molecule has 0 N–H and O–H groups in total. The van der Waals surface area contributed by atoms with Gasteiger partial charge in [0.2, 0.25) is 5.82 Å². The molecule has 0 atom stereocenters. The average Bonchev–Trinajstić information content (AvgIpc) is 3.12. The number of hydrogen-bond donors (Lipinski definition) is 0. The zero-order valence-corrected chi connectivity index (χ0v) is 29.7. The molecule has 3 heteroatoms. The highest BCUT2D eigenvalue weighted by Crippen LogP contribution is 2.32. The van der Waals surface area contributed by atoms with Gasteiger partial charge in [0, 0.05) is 5.56 Å². The number of benzene rings is 4. The molecule has 0 amide bonds. The molecule has 0 heterocycles. The van der Waals surface area contributed by atoms with Crippen molar-refractivity contribution in [1.29, 1.82) is 0 Å². The zero-order chi connectivity index (χ0) is 33.8. The lowest BCUT2D eigenvalue weighted by molar-refractivity contribution is 0.285. The van der Waals surface area contributed by atoms with Crippen molar-refractivity contribution in [3.63, 3.8) is 0 Å². The molecule has 0 saturated carbocycles. The Bertz CT molecular complexity index is 1440. The first kappa shape index (κ1) is 37.4. The lowest BCUT2D eigenvalue weighted by Crippen LogP contribution is -2.01. The Morgan fingerprint density at radius 2 is 0.792 bits per heavy atom. The second-order valence-corrected chi connectivity index (χ2v) is 13.5. The number of ether oxygens (including phenoxy) is 1. The van der Waals surface area contributed by atoms with E-state index in [2.05, 4.69) is 62.4 Å². The maximum absolute atomic E-state index is 15.1. The van der Waals surface area contributed by atoms with Crippen LogP contribution < -0.4 is 4.74 Å². The van der Waals surface area contributed by atoms with Gasteiger partial charge in [-0.3, -0.25) is 0 Å². The van der Waals surface area contributed by atoms with Crippen molar-refractivity contribution in [3.8, 4) is 39.1 Å². The lowest BCUT2D eigenvalue weighted by Gasteiger charge is -2.11. The third kappa shape index (κ3) is 12.2. The quantitative estimate of drug-likeness (QED) is 0.0725. The van der Waals surface area contributed by atoms with Crippen molar-refractivity contribution in [2.24, 2.45) is 0 Å². The molecule has 0 aliphatic heterocycles. The van der Waals surface area contributed by atoms with Crippen molar-refractivity contribution in [2.45, 2.75) is 129 Å². The monoisotopic (exact) mass is 652 g/mol. The van der Waals surface area contributed by atoms with Crippen LogP contribution in [-0.4, -0.2) is 6.61 Å². The lowest BCUT2D eigenvalue weighted by atomic mass is 9.97. The summed E-state index contributed by atoms with van der Waals surface area (Å²) in [5, 5.41) is 0. The fraction of sp³-hybridized carbons (Fsp3) is 0.467. The second kappa shape index (κ2) is 21.5. The molecule has 4 aromatic carbocycles. The van der Waals surface area contributed by atoms with Gasteiger partial charge in [0.1, 0.15) is 0 Å². The van der Waals surface area contributed by atoms with Crippen LogP contribution in [0.2, 0.25) is 0 Å². The number of hydrogen-bond acceptors (Lipinski definition) is 1. The molecular formula is C45H58F2O. The Labute approximate surface area is 290 Å². The SMILES string of the molecule is CCCCCCCCCCCCc1ccc(-c2ccc(-c3ccc(-c4ccc(OCCCCCCCCC)c(F)c4F)cc3)cc2)cc1. The van der Waals surface area contributed by atoms with Crippen LogP contribution in [0.4, 0.5) is 8.78 Å². The van der Waals surface area contributed by atoms with E-state index >= 15 is 4.39 Å². The van der Waals surface area contributed by atoms with Gasteiger partial charge < -0.3 is 4.74 Å². The normalized spacial score (nSPS) is 11.2. The van der Waals surface area contributed by atoms with Crippen LogP contribution in [0, 0.1) is 11.6 Å². The van der Waals surface area contributed by atoms with E-state index in [1.165, 1.54) is 107 Å². The highest BCUT2D eigenvalue weighted by molar-refractivity contribution is 5.73. The minimum absolute atomic E-state index is 0.0114. The number of rotatable bonds is 23. The molecule has 0 unspecified atom stereocenters. The summed E-state index contributed by atoms with van der Waals surface area (Å²) in [4.78, 5) is 0. The van der Waals surface area contributed by atoms with Crippen molar-refractivity contribution in [2.75, 3.05) is 6.61 Å². The standard InChI is InChI=1S/C45H58F2O/c1-3-5-7-9-11-12-13-14-16-18-20-36-21-23-37(24-22-36)38-25-27-39(28-26-38)40-29-31-41(32-30-40)42-33-34-43(45(47)44(42)46)48-35-19-17-15-10-8-6-4-2/h21-34H,3-20,35H2,1-2H3. The van der Waals surface area contributed by atoms with Gasteiger partial charge in [-0.1, -0.05) is 183 Å². The Balaban J connectivity index is 1.22. The van der Waals surface area contributed by atoms with Gasteiger partial charge >= 0.3 is 0 Å². The van der Waals surface area contributed by atoms with Crippen LogP contribution in [0.5, 0.6) is 5.75 Å². The minimum Gasteiger partial charge on any atom is -0.490 e. The molecule has 0 aliphatic carbocycles. The fourth-order valence-electron chi connectivity index (χ4n) is 6.49. The predicted molar refractivity (Wildman–Crippen MR) is 202 cm³/mol. The molecular weight excluding hydrogens is 594 g/mol. The highest BCUT2D eigenvalue weighted by Gasteiger charge is 2.16. The molecule has 4 aromatic rings. The summed E-state index contributed by atoms with van der Waals surface area (Å²) < 4.78 is 35.5. The first-order valence-corrected chi connectivity index (χ1v) is 19.0. The number of aryl methyl sites for hydroxylation is 1. The van der Waals surface area contributed by atoms with Gasteiger partial charge in [0.05, 0.1) is 6.61 Å². The van der Waals surface area contributed by atoms with Crippen LogP contribution in [0.1, 0.15) is 129 Å². The molecule has 0 fully saturated rings. The van der Waals surface area contributed by atoms with Crippen molar-refractivity contribution in [1.82, 2.24) is 0 Å². The third-order valence-corrected chi connectivity index (χ3v) is 9.57. The van der Waals surface area contributed by atoms with Crippen LogP contribution in [0.15, 0.2) is 84.9 Å². The summed E-state index contributed by atoms with van der Waals surface area (Å²) in [7, 11) is 0. The van der Waals surface area contributed by atoms with Crippen molar-refractivity contribution in [3.05, 3.63) is 102 Å². The number of unbranched alkanes of at least 4 members (excludes halogenated alkanes) is 15. The van der Waals surface area contributed by atoms with Crippen LogP contribution in [-0.2, 0) is 6.42 Å². The largest absolute Gasteiger partial charge is 0.490 e. The molecule has 48 heavy (non-hydrogen) atoms. The van der Waals surface area contributed by atoms with Crippen molar-refractivity contribution >= 4 is 0 Å². The Morgan fingerprint density at radius 1 is 0.396 bits per heavy atom. The molecule has 0 saturated heterocycles. The summed E-state index contributed by atoms with van der Waals surface area (Å²) in [6, 6.07) is 28.4. The van der Waals surface area contributed by atoms with Gasteiger partial charge in [-0.15, -0.1) is 0 Å². The highest BCUT2D eigenvalue weighted by atomic mass is 19.2. The predicted octanol–water partition coefficient (Wildman–Crippen LogP) is 14.6. The summed E-state index contributed by atoms with van der Waals surface area (Å²) in [6.07, 6.45) is 22.9. The molecule has 4 rings (SSSR count). The van der Waals surface area contributed by atoms with E-state index in [0.29, 0.717) is 12.2 Å². The van der Waals surface area contributed by atoms with Gasteiger partial charge in [-0.25, -0.2) is 4.39 Å². The van der Waals surface area contributed by atoms with Gasteiger partial charge in [0.25, 0.3) is 0 Å². The zero-order valence-electron chi connectivity index (χ0n) is 29.7. The van der Waals surface area contributed by atoms with E-state index in [9.17, 15) is 4.39 Å². The third-order valence-electron chi connectivity index (χ3n) is 9.57. The minimum atomic E-state index is -0.915. The van der Waals surface area contributed by atoms with E-state index in [1.54, 1.807) is 12.1 Å². The first-order valence-electron chi connectivity index (χ1n) is 19.0. The average molecular weight is 653 g/mol. The molecule has 0 bridgehead atoms. The van der Waals surface area contributed by atoms with Crippen LogP contribution in [0.3, 0.4) is 0 Å². The maximum Gasteiger partial charge on any atom is 0.201 e. The van der Waals surface area contributed by atoms with Crippen molar-refractivity contribution < 1.29 is 13.5 Å². The van der Waals surface area contributed by atoms with Gasteiger partial charge in [-0.05, 0) is 64.8 Å². The Hall–Kier alpha value is -3.46. The van der Waals surface area contributed by atoms with E-state index in [1.807, 2.05) is 24.3 Å². The van der Waals surface area contributed by atoms with E-state index in [4.69, 9.17) is 4.74 Å². The van der Waals surface area contributed by atoms with E-state index < -0.39 is 11.6 Å². The summed E-state index contributed by atoms with van der Waals surface area (Å²) >= 11 is 0. The van der Waals surface area contributed by atoms with E-state index in [-0.39, 0.29) is 11.3 Å². The molecule has 0 spiro atoms. The summed E-state index contributed by atoms with van der Waals surface area (Å²) in [5.74, 6) is -1.79. The Morgan fingerprint density at radius 3 is 1.27 bits per heavy atom. The molecule has 0 radical (unpaired) electrons. The Kier molecular flexibility index (Phi) is 16.7. The molecule has 1 nitrogen and oxygen atoms in total. The van der Waals surface area contributed by atoms with E-state index in [0.717, 1.165) is 36.8 Å². The fourth-order valence-corrected chi connectivity index (χ4v) is 6.49. The smallest absolute Gasteiger partial charge is 0.201 e. The molecule has 258 valence electrons. The van der Waals surface area contributed by atoms with Crippen LogP contribution in [0.25, 0.3) is 33.4 Å². The molecule has 0 aliphatic rings. The maximum atomic E-state index is 15.1. The van der Waals surface area contributed by atoms with Gasteiger partial charge in [0.15, 0.2) is 11.6 Å².